The van der Waals surface area contributed by atoms with Crippen molar-refractivity contribution in [2.45, 2.75) is 13.0 Å². The van der Waals surface area contributed by atoms with Crippen LogP contribution in [0.25, 0.3) is 0 Å². The molecule has 0 aliphatic carbocycles. The average Bonchev–Trinajstić information content (AvgIpc) is 2.85. The first-order valence-electron chi connectivity index (χ1n) is 6.87. The molecule has 3 nitrogen and oxygen atoms in total. The number of carbonyl (C=O) groups excluding carboxylic acids is 1. The second-order valence-electron chi connectivity index (χ2n) is 4.96. The van der Waals surface area contributed by atoms with Gasteiger partial charge >= 0.3 is 0 Å². The van der Waals surface area contributed by atoms with Crippen LogP contribution in [-0.2, 0) is 17.8 Å². The highest BCUT2D eigenvalue weighted by molar-refractivity contribution is 9.11. The van der Waals surface area contributed by atoms with Gasteiger partial charge in [0.1, 0.15) is 0 Å². The third-order valence-corrected chi connectivity index (χ3v) is 4.66. The molecule has 0 radical (unpaired) electrons. The lowest BCUT2D eigenvalue weighted by molar-refractivity contribution is -0.122. The second-order valence-corrected chi connectivity index (χ2v) is 7.51. The molecule has 5 heteroatoms. The third kappa shape index (κ3) is 5.99. The number of benzene rings is 1. The van der Waals surface area contributed by atoms with E-state index in [-0.39, 0.29) is 5.91 Å². The number of rotatable bonds is 7. The van der Waals surface area contributed by atoms with Crippen LogP contribution in [0.5, 0.6) is 0 Å². The maximum Gasteiger partial charge on any atom is 0.234 e. The molecule has 0 fully saturated rings. The SMILES string of the molecule is CN(CC(=O)NCCc1ccccc1)Cc1ccc(Br)s1. The zero-order valence-corrected chi connectivity index (χ0v) is 14.4. The third-order valence-electron chi connectivity index (χ3n) is 3.05. The van der Waals surface area contributed by atoms with E-state index in [1.807, 2.05) is 36.2 Å². The number of hydrogen-bond acceptors (Lipinski definition) is 3. The van der Waals surface area contributed by atoms with Gasteiger partial charge in [0, 0.05) is 18.0 Å². The van der Waals surface area contributed by atoms with Crippen molar-refractivity contribution in [1.82, 2.24) is 10.2 Å². The van der Waals surface area contributed by atoms with Crippen LogP contribution in [0.3, 0.4) is 0 Å². The van der Waals surface area contributed by atoms with Crippen molar-refractivity contribution in [2.75, 3.05) is 20.1 Å². The van der Waals surface area contributed by atoms with Gasteiger partial charge in [0.15, 0.2) is 0 Å². The highest BCUT2D eigenvalue weighted by Crippen LogP contribution is 2.22. The minimum atomic E-state index is 0.0732. The highest BCUT2D eigenvalue weighted by atomic mass is 79.9. The van der Waals surface area contributed by atoms with Crippen molar-refractivity contribution in [3.8, 4) is 0 Å². The predicted octanol–water partition coefficient (Wildman–Crippen LogP) is 3.30. The molecule has 1 amide bonds. The van der Waals surface area contributed by atoms with Gasteiger partial charge in [-0.3, -0.25) is 9.69 Å². The summed E-state index contributed by atoms with van der Waals surface area (Å²) >= 11 is 5.15. The van der Waals surface area contributed by atoms with Gasteiger partial charge in [0.25, 0.3) is 0 Å². The second kappa shape index (κ2) is 8.32. The molecule has 2 rings (SSSR count). The lowest BCUT2D eigenvalue weighted by atomic mass is 10.1. The zero-order chi connectivity index (χ0) is 15.1. The summed E-state index contributed by atoms with van der Waals surface area (Å²) in [5.74, 6) is 0.0732. The lowest BCUT2D eigenvalue weighted by Crippen LogP contribution is -2.35. The number of halogens is 1. The van der Waals surface area contributed by atoms with E-state index in [9.17, 15) is 4.79 Å². The van der Waals surface area contributed by atoms with Gasteiger partial charge < -0.3 is 5.32 Å². The van der Waals surface area contributed by atoms with E-state index in [1.165, 1.54) is 10.4 Å². The molecule has 21 heavy (non-hydrogen) atoms. The Hall–Kier alpha value is -1.17. The van der Waals surface area contributed by atoms with Gasteiger partial charge in [-0.05, 0) is 47.1 Å². The van der Waals surface area contributed by atoms with Crippen LogP contribution in [0, 0.1) is 0 Å². The summed E-state index contributed by atoms with van der Waals surface area (Å²) in [6.07, 6.45) is 0.869. The minimum Gasteiger partial charge on any atom is -0.355 e. The summed E-state index contributed by atoms with van der Waals surface area (Å²) in [4.78, 5) is 15.2. The number of carbonyl (C=O) groups is 1. The number of nitrogens with one attached hydrogen (secondary N) is 1. The van der Waals surface area contributed by atoms with Gasteiger partial charge in [0.2, 0.25) is 5.91 Å². The van der Waals surface area contributed by atoms with Crippen LogP contribution in [0.4, 0.5) is 0 Å². The molecule has 0 saturated carbocycles. The molecule has 1 aromatic carbocycles. The fourth-order valence-electron chi connectivity index (χ4n) is 2.05. The molecule has 0 bridgehead atoms. The van der Waals surface area contributed by atoms with E-state index < -0.39 is 0 Å². The molecule has 1 N–H and O–H groups in total. The molecule has 1 aromatic heterocycles. The van der Waals surface area contributed by atoms with Gasteiger partial charge in [-0.1, -0.05) is 30.3 Å². The molecule has 0 aliphatic rings. The monoisotopic (exact) mass is 366 g/mol. The smallest absolute Gasteiger partial charge is 0.234 e. The molecule has 0 unspecified atom stereocenters. The molecule has 0 aliphatic heterocycles. The maximum atomic E-state index is 11.9. The van der Waals surface area contributed by atoms with E-state index in [4.69, 9.17) is 0 Å². The molecular formula is C16H19BrN2OS. The van der Waals surface area contributed by atoms with Crippen molar-refractivity contribution in [1.29, 1.82) is 0 Å². The summed E-state index contributed by atoms with van der Waals surface area (Å²) < 4.78 is 1.12. The van der Waals surface area contributed by atoms with Crippen molar-refractivity contribution in [3.05, 3.63) is 56.7 Å². The maximum absolute atomic E-state index is 11.9. The average molecular weight is 367 g/mol. The van der Waals surface area contributed by atoms with Crippen LogP contribution in [-0.4, -0.2) is 30.9 Å². The summed E-state index contributed by atoms with van der Waals surface area (Å²) in [5.41, 5.74) is 1.24. The molecule has 1 heterocycles. The number of thiophene rings is 1. The normalized spacial score (nSPS) is 10.8. The molecule has 0 spiro atoms. The van der Waals surface area contributed by atoms with Crippen molar-refractivity contribution >= 4 is 33.2 Å². The Balaban J connectivity index is 1.67. The molecule has 0 atom stereocenters. The van der Waals surface area contributed by atoms with E-state index in [1.54, 1.807) is 11.3 Å². The highest BCUT2D eigenvalue weighted by Gasteiger charge is 2.08. The Morgan fingerprint density at radius 3 is 2.67 bits per heavy atom. The number of amides is 1. The van der Waals surface area contributed by atoms with E-state index in [0.717, 1.165) is 16.8 Å². The number of hydrogen-bond donors (Lipinski definition) is 1. The van der Waals surface area contributed by atoms with Crippen LogP contribution in [0.15, 0.2) is 46.3 Å². The Labute approximate surface area is 138 Å². The summed E-state index contributed by atoms with van der Waals surface area (Å²) in [5, 5.41) is 2.97. The molecule has 2 aromatic rings. The molecule has 112 valence electrons. The van der Waals surface area contributed by atoms with Crippen LogP contribution < -0.4 is 5.32 Å². The van der Waals surface area contributed by atoms with Gasteiger partial charge in [0.05, 0.1) is 10.3 Å². The Kier molecular flexibility index (Phi) is 6.42. The summed E-state index contributed by atoms with van der Waals surface area (Å²) in [6, 6.07) is 14.3. The Morgan fingerprint density at radius 1 is 1.24 bits per heavy atom. The van der Waals surface area contributed by atoms with Gasteiger partial charge in [-0.2, -0.15) is 0 Å². The molecule has 0 saturated heterocycles. The summed E-state index contributed by atoms with van der Waals surface area (Å²) in [7, 11) is 1.96. The topological polar surface area (TPSA) is 32.3 Å². The fraction of sp³-hybridized carbons (Fsp3) is 0.312. The van der Waals surface area contributed by atoms with E-state index in [2.05, 4.69) is 39.4 Å². The first kappa shape index (κ1) is 16.2. The Morgan fingerprint density at radius 2 is 2.00 bits per heavy atom. The van der Waals surface area contributed by atoms with Crippen molar-refractivity contribution < 1.29 is 4.79 Å². The number of nitrogens with zero attached hydrogens (tertiary/aromatic N) is 1. The largest absolute Gasteiger partial charge is 0.355 e. The van der Waals surface area contributed by atoms with Gasteiger partial charge in [-0.25, -0.2) is 0 Å². The standard InChI is InChI=1S/C16H19BrN2OS/c1-19(11-14-7-8-15(17)21-14)12-16(20)18-10-9-13-5-3-2-4-6-13/h2-8H,9-12H2,1H3,(H,18,20). The Bertz CT molecular complexity index is 571. The number of likely N-dealkylation sites (N-methyl/N-ethyl adjacent to an activating group) is 1. The van der Waals surface area contributed by atoms with Crippen LogP contribution in [0.2, 0.25) is 0 Å². The van der Waals surface area contributed by atoms with Gasteiger partial charge in [-0.15, -0.1) is 11.3 Å². The van der Waals surface area contributed by atoms with E-state index in [0.29, 0.717) is 13.1 Å². The fourth-order valence-corrected chi connectivity index (χ4v) is 3.61. The minimum absolute atomic E-state index is 0.0732. The summed E-state index contributed by atoms with van der Waals surface area (Å²) in [6.45, 7) is 1.90. The first-order valence-corrected chi connectivity index (χ1v) is 8.48. The van der Waals surface area contributed by atoms with Crippen molar-refractivity contribution in [3.63, 3.8) is 0 Å². The quantitative estimate of drug-likeness (QED) is 0.815. The van der Waals surface area contributed by atoms with Crippen molar-refractivity contribution in [2.24, 2.45) is 0 Å². The van der Waals surface area contributed by atoms with Crippen LogP contribution >= 0.6 is 27.3 Å². The zero-order valence-electron chi connectivity index (χ0n) is 12.0. The molecular weight excluding hydrogens is 348 g/mol. The predicted molar refractivity (Wildman–Crippen MR) is 91.5 cm³/mol. The van der Waals surface area contributed by atoms with Crippen LogP contribution in [0.1, 0.15) is 10.4 Å². The first-order chi connectivity index (χ1) is 10.1. The van der Waals surface area contributed by atoms with E-state index >= 15 is 0 Å². The lowest BCUT2D eigenvalue weighted by Gasteiger charge is -2.15.